The van der Waals surface area contributed by atoms with Gasteiger partial charge in [-0.15, -0.1) is 11.3 Å². The van der Waals surface area contributed by atoms with Crippen molar-refractivity contribution in [2.45, 2.75) is 65.6 Å². The molecule has 2 amide bonds. The number of aryl methyl sites for hydroxylation is 1. The Hall–Kier alpha value is -2.28. The molecular weight excluding hydrogens is 386 g/mol. The molecule has 0 atom stereocenters. The summed E-state index contributed by atoms with van der Waals surface area (Å²) in [5.41, 5.74) is 2.38. The van der Waals surface area contributed by atoms with Crippen molar-refractivity contribution in [3.05, 3.63) is 45.4 Å². The Morgan fingerprint density at radius 1 is 1.24 bits per heavy atom. The van der Waals surface area contributed by atoms with E-state index in [0.717, 1.165) is 36.3 Å². The highest BCUT2D eigenvalue weighted by atomic mass is 32.1. The summed E-state index contributed by atoms with van der Waals surface area (Å²) in [5, 5.41) is 5.00. The summed E-state index contributed by atoms with van der Waals surface area (Å²) < 4.78 is 7.53. The summed E-state index contributed by atoms with van der Waals surface area (Å²) in [6.45, 7) is 11.7. The third-order valence-electron chi connectivity index (χ3n) is 5.20. The second-order valence-electron chi connectivity index (χ2n) is 8.66. The summed E-state index contributed by atoms with van der Waals surface area (Å²) in [6, 6.07) is 6.21. The third kappa shape index (κ3) is 5.41. The van der Waals surface area contributed by atoms with Gasteiger partial charge in [0.05, 0.1) is 12.1 Å². The number of carbonyl (C=O) groups is 2. The van der Waals surface area contributed by atoms with E-state index in [4.69, 9.17) is 4.74 Å². The average Bonchev–Trinajstić information content (AvgIpc) is 3.24. The molecule has 0 unspecified atom stereocenters. The van der Waals surface area contributed by atoms with Crippen LogP contribution in [0.2, 0.25) is 0 Å². The minimum absolute atomic E-state index is 0.0418. The lowest BCUT2D eigenvalue weighted by molar-refractivity contribution is 0.0473. The molecule has 1 aliphatic heterocycles. The van der Waals surface area contributed by atoms with Crippen LogP contribution in [0.25, 0.3) is 0 Å². The number of aromatic nitrogens is 1. The molecule has 6 nitrogen and oxygen atoms in total. The van der Waals surface area contributed by atoms with Gasteiger partial charge in [-0.05, 0) is 65.0 Å². The molecule has 29 heavy (non-hydrogen) atoms. The molecule has 3 heterocycles. The van der Waals surface area contributed by atoms with Crippen LogP contribution in [-0.4, -0.2) is 46.2 Å². The lowest BCUT2D eigenvalue weighted by atomic mass is 10.0. The van der Waals surface area contributed by atoms with E-state index >= 15 is 0 Å². The van der Waals surface area contributed by atoms with Crippen LogP contribution >= 0.6 is 11.3 Å². The van der Waals surface area contributed by atoms with Crippen molar-refractivity contribution < 1.29 is 14.3 Å². The van der Waals surface area contributed by atoms with Gasteiger partial charge in [0.25, 0.3) is 5.91 Å². The first-order chi connectivity index (χ1) is 13.6. The topological polar surface area (TPSA) is 63.6 Å². The van der Waals surface area contributed by atoms with E-state index in [1.165, 1.54) is 4.88 Å². The number of carbonyl (C=O) groups excluding carboxylic acids is 2. The SMILES string of the molecule is Cc1cc(C(=O)N2CCC(NC(=O)OC(C)(C)C)CC2)c(C)n1Cc1cccs1. The molecule has 0 aliphatic carbocycles. The van der Waals surface area contributed by atoms with Crippen molar-refractivity contribution in [2.24, 2.45) is 0 Å². The predicted molar refractivity (Wildman–Crippen MR) is 116 cm³/mol. The van der Waals surface area contributed by atoms with E-state index in [2.05, 4.69) is 27.4 Å². The first-order valence-electron chi connectivity index (χ1n) is 10.1. The van der Waals surface area contributed by atoms with Gasteiger partial charge in [0.2, 0.25) is 0 Å². The fourth-order valence-corrected chi connectivity index (χ4v) is 4.38. The third-order valence-corrected chi connectivity index (χ3v) is 6.06. The molecule has 1 fully saturated rings. The number of ether oxygens (including phenoxy) is 1. The number of rotatable bonds is 4. The Bertz CT molecular complexity index is 857. The normalized spacial score (nSPS) is 15.4. The minimum Gasteiger partial charge on any atom is -0.444 e. The van der Waals surface area contributed by atoms with Crippen LogP contribution in [0.1, 0.15) is 60.2 Å². The first-order valence-corrected chi connectivity index (χ1v) is 11.0. The standard InChI is InChI=1S/C22H31N3O3S/c1-15-13-19(16(2)25(15)14-18-7-6-12-29-18)20(26)24-10-8-17(9-11-24)23-21(27)28-22(3,4)5/h6-7,12-13,17H,8-11,14H2,1-5H3,(H,23,27). The zero-order valence-corrected chi connectivity index (χ0v) is 18.8. The monoisotopic (exact) mass is 417 g/mol. The Morgan fingerprint density at radius 3 is 2.52 bits per heavy atom. The number of amides is 2. The van der Waals surface area contributed by atoms with Crippen LogP contribution in [0.4, 0.5) is 4.79 Å². The maximum absolute atomic E-state index is 13.1. The van der Waals surface area contributed by atoms with Crippen molar-refractivity contribution >= 4 is 23.3 Å². The summed E-state index contributed by atoms with van der Waals surface area (Å²) in [4.78, 5) is 28.2. The molecule has 0 radical (unpaired) electrons. The van der Waals surface area contributed by atoms with E-state index < -0.39 is 5.60 Å². The van der Waals surface area contributed by atoms with Gasteiger partial charge in [0, 0.05) is 35.4 Å². The van der Waals surface area contributed by atoms with Crippen LogP contribution in [0.15, 0.2) is 23.6 Å². The molecule has 3 rings (SSSR count). The number of alkyl carbamates (subject to hydrolysis) is 1. The molecule has 2 aromatic rings. The number of piperidine rings is 1. The van der Waals surface area contributed by atoms with Gasteiger partial charge in [-0.3, -0.25) is 4.79 Å². The zero-order chi connectivity index (χ0) is 21.2. The maximum Gasteiger partial charge on any atom is 0.407 e. The zero-order valence-electron chi connectivity index (χ0n) is 17.9. The van der Waals surface area contributed by atoms with Gasteiger partial charge < -0.3 is 19.5 Å². The Morgan fingerprint density at radius 2 is 1.93 bits per heavy atom. The van der Waals surface area contributed by atoms with Crippen LogP contribution < -0.4 is 5.32 Å². The largest absolute Gasteiger partial charge is 0.444 e. The number of thiophene rings is 1. The Labute approximate surface area is 176 Å². The highest BCUT2D eigenvalue weighted by Gasteiger charge is 2.28. The van der Waals surface area contributed by atoms with Crippen LogP contribution in [0.3, 0.4) is 0 Å². The van der Waals surface area contributed by atoms with E-state index in [-0.39, 0.29) is 18.0 Å². The summed E-state index contributed by atoms with van der Waals surface area (Å²) in [7, 11) is 0. The quantitative estimate of drug-likeness (QED) is 0.805. The van der Waals surface area contributed by atoms with Crippen molar-refractivity contribution in [2.75, 3.05) is 13.1 Å². The molecular formula is C22H31N3O3S. The maximum atomic E-state index is 13.1. The van der Waals surface area contributed by atoms with E-state index in [1.54, 1.807) is 11.3 Å². The van der Waals surface area contributed by atoms with Crippen LogP contribution in [0.5, 0.6) is 0 Å². The fourth-order valence-electron chi connectivity index (χ4n) is 3.69. The molecule has 1 saturated heterocycles. The highest BCUT2D eigenvalue weighted by Crippen LogP contribution is 2.22. The lowest BCUT2D eigenvalue weighted by Crippen LogP contribution is -2.47. The van der Waals surface area contributed by atoms with E-state index in [0.29, 0.717) is 13.1 Å². The fraction of sp³-hybridized carbons (Fsp3) is 0.545. The van der Waals surface area contributed by atoms with Crippen LogP contribution in [0, 0.1) is 13.8 Å². The van der Waals surface area contributed by atoms with Crippen LogP contribution in [-0.2, 0) is 11.3 Å². The van der Waals surface area contributed by atoms with Crippen molar-refractivity contribution in [1.29, 1.82) is 0 Å². The number of nitrogens with one attached hydrogen (secondary N) is 1. The second-order valence-corrected chi connectivity index (χ2v) is 9.70. The molecule has 2 aromatic heterocycles. The molecule has 0 bridgehead atoms. The van der Waals surface area contributed by atoms with Crippen molar-refractivity contribution in [1.82, 2.24) is 14.8 Å². The number of hydrogen-bond acceptors (Lipinski definition) is 4. The van der Waals surface area contributed by atoms with E-state index in [9.17, 15) is 9.59 Å². The van der Waals surface area contributed by atoms with E-state index in [1.807, 2.05) is 45.6 Å². The highest BCUT2D eigenvalue weighted by molar-refractivity contribution is 7.09. The van der Waals surface area contributed by atoms with Gasteiger partial charge in [-0.2, -0.15) is 0 Å². The summed E-state index contributed by atoms with van der Waals surface area (Å²) >= 11 is 1.73. The number of nitrogens with zero attached hydrogens (tertiary/aromatic N) is 2. The molecule has 0 aromatic carbocycles. The smallest absolute Gasteiger partial charge is 0.407 e. The summed E-state index contributed by atoms with van der Waals surface area (Å²) in [6.07, 6.45) is 1.08. The predicted octanol–water partition coefficient (Wildman–Crippen LogP) is 4.34. The van der Waals surface area contributed by atoms with Crippen molar-refractivity contribution in [3.8, 4) is 0 Å². The van der Waals surface area contributed by atoms with Gasteiger partial charge in [0.1, 0.15) is 5.60 Å². The Balaban J connectivity index is 1.59. The minimum atomic E-state index is -0.508. The molecule has 1 N–H and O–H groups in total. The van der Waals surface area contributed by atoms with Gasteiger partial charge >= 0.3 is 6.09 Å². The molecule has 0 spiro atoms. The molecule has 0 saturated carbocycles. The lowest BCUT2D eigenvalue weighted by Gasteiger charge is -2.33. The molecule has 158 valence electrons. The Kier molecular flexibility index (Phi) is 6.36. The van der Waals surface area contributed by atoms with Crippen molar-refractivity contribution in [3.63, 3.8) is 0 Å². The number of hydrogen-bond donors (Lipinski definition) is 1. The molecule has 7 heteroatoms. The van der Waals surface area contributed by atoms with Gasteiger partial charge in [0.15, 0.2) is 0 Å². The first kappa shape index (κ1) is 21.4. The van der Waals surface area contributed by atoms with Gasteiger partial charge in [-0.25, -0.2) is 4.79 Å². The summed E-state index contributed by atoms with van der Waals surface area (Å²) in [5.74, 6) is 0.0752. The van der Waals surface area contributed by atoms with Gasteiger partial charge in [-0.1, -0.05) is 6.07 Å². The number of likely N-dealkylation sites (tertiary alicyclic amines) is 1. The average molecular weight is 418 g/mol. The second kappa shape index (κ2) is 8.61. The molecule has 1 aliphatic rings.